The normalized spacial score (nSPS) is 17.0. The number of fused-ring (bicyclic) bond motifs is 1. The zero-order valence-corrected chi connectivity index (χ0v) is 13.6. The predicted octanol–water partition coefficient (Wildman–Crippen LogP) is 3.29. The van der Waals surface area contributed by atoms with E-state index in [9.17, 15) is 0 Å². The maximum absolute atomic E-state index is 4.42. The molecular weight excluding hydrogens is 272 g/mol. The fourth-order valence-electron chi connectivity index (χ4n) is 3.26. The number of benzene rings is 1. The highest BCUT2D eigenvalue weighted by molar-refractivity contribution is 5.14. The molecule has 0 radical (unpaired) electrons. The largest absolute Gasteiger partial charge is 0.314 e. The average molecular weight is 298 g/mol. The minimum atomic E-state index is 0.255. The van der Waals surface area contributed by atoms with Crippen LogP contribution in [0.1, 0.15) is 56.4 Å². The molecule has 0 bridgehead atoms. The van der Waals surface area contributed by atoms with Gasteiger partial charge in [0.15, 0.2) is 0 Å². The van der Waals surface area contributed by atoms with E-state index in [4.69, 9.17) is 0 Å². The highest BCUT2D eigenvalue weighted by Gasteiger charge is 2.20. The molecule has 1 aromatic heterocycles. The van der Waals surface area contributed by atoms with Crippen molar-refractivity contribution in [1.29, 1.82) is 0 Å². The van der Waals surface area contributed by atoms with Crippen molar-refractivity contribution in [1.82, 2.24) is 20.1 Å². The summed E-state index contributed by atoms with van der Waals surface area (Å²) in [7, 11) is 0. The van der Waals surface area contributed by atoms with Gasteiger partial charge in [0.2, 0.25) is 0 Å². The van der Waals surface area contributed by atoms with Crippen LogP contribution < -0.4 is 5.32 Å². The van der Waals surface area contributed by atoms with E-state index < -0.39 is 0 Å². The van der Waals surface area contributed by atoms with Gasteiger partial charge in [0.1, 0.15) is 11.6 Å². The van der Waals surface area contributed by atoms with Crippen LogP contribution in [-0.4, -0.2) is 20.8 Å². The Hall–Kier alpha value is -1.68. The van der Waals surface area contributed by atoms with Gasteiger partial charge in [-0.25, -0.2) is 0 Å². The summed E-state index contributed by atoms with van der Waals surface area (Å²) in [6.45, 7) is 5.53. The van der Waals surface area contributed by atoms with Crippen LogP contribution in [-0.2, 0) is 19.4 Å². The van der Waals surface area contributed by atoms with Gasteiger partial charge in [-0.1, -0.05) is 30.3 Å². The van der Waals surface area contributed by atoms with Gasteiger partial charge in [-0.05, 0) is 45.1 Å². The molecule has 1 N–H and O–H groups in total. The topological polar surface area (TPSA) is 42.7 Å². The highest BCUT2D eigenvalue weighted by Crippen LogP contribution is 2.19. The molecule has 1 aliphatic heterocycles. The average Bonchev–Trinajstić information content (AvgIpc) is 2.98. The second-order valence-electron chi connectivity index (χ2n) is 6.40. The third-order valence-electron chi connectivity index (χ3n) is 4.52. The van der Waals surface area contributed by atoms with Crippen LogP contribution in [0, 0.1) is 0 Å². The minimum absolute atomic E-state index is 0.255. The van der Waals surface area contributed by atoms with Gasteiger partial charge in [-0.15, -0.1) is 10.2 Å². The van der Waals surface area contributed by atoms with Crippen molar-refractivity contribution in [3.05, 3.63) is 47.5 Å². The number of aromatic nitrogens is 3. The van der Waals surface area contributed by atoms with Crippen LogP contribution in [0.5, 0.6) is 0 Å². The van der Waals surface area contributed by atoms with Crippen LogP contribution in [0.2, 0.25) is 0 Å². The summed E-state index contributed by atoms with van der Waals surface area (Å²) in [4.78, 5) is 0. The summed E-state index contributed by atoms with van der Waals surface area (Å²) in [6, 6.07) is 11.4. The zero-order chi connectivity index (χ0) is 15.4. The van der Waals surface area contributed by atoms with Crippen molar-refractivity contribution in [2.45, 2.75) is 64.6 Å². The predicted molar refractivity (Wildman–Crippen MR) is 88.7 cm³/mol. The highest BCUT2D eigenvalue weighted by atomic mass is 15.3. The minimum Gasteiger partial charge on any atom is -0.314 e. The lowest BCUT2D eigenvalue weighted by Crippen LogP contribution is -2.31. The molecule has 0 aliphatic carbocycles. The number of nitrogens with zero attached hydrogens (tertiary/aromatic N) is 3. The SMILES string of the molecule is C[C@H](N[C@@H](C)CCc1ccccc1)c1nnc2n1CCCC2. The van der Waals surface area contributed by atoms with E-state index in [0.717, 1.165) is 37.5 Å². The van der Waals surface area contributed by atoms with E-state index in [-0.39, 0.29) is 6.04 Å². The molecule has 1 aliphatic rings. The number of aryl methyl sites for hydroxylation is 2. The molecule has 118 valence electrons. The molecule has 0 saturated carbocycles. The Morgan fingerprint density at radius 1 is 1.14 bits per heavy atom. The molecule has 4 nitrogen and oxygen atoms in total. The zero-order valence-electron chi connectivity index (χ0n) is 13.6. The molecule has 3 rings (SSSR count). The van der Waals surface area contributed by atoms with Crippen LogP contribution >= 0.6 is 0 Å². The molecule has 0 saturated heterocycles. The summed E-state index contributed by atoms with van der Waals surface area (Å²) < 4.78 is 2.31. The Morgan fingerprint density at radius 2 is 1.95 bits per heavy atom. The second kappa shape index (κ2) is 7.05. The number of rotatable bonds is 6. The maximum atomic E-state index is 4.42. The molecule has 0 fully saturated rings. The quantitative estimate of drug-likeness (QED) is 0.890. The third-order valence-corrected chi connectivity index (χ3v) is 4.52. The fourth-order valence-corrected chi connectivity index (χ4v) is 3.26. The molecule has 0 spiro atoms. The van der Waals surface area contributed by atoms with Crippen LogP contribution in [0.25, 0.3) is 0 Å². The molecule has 2 heterocycles. The lowest BCUT2D eigenvalue weighted by molar-refractivity contribution is 0.417. The Labute approximate surface area is 133 Å². The Bertz CT molecular complexity index is 590. The van der Waals surface area contributed by atoms with E-state index in [1.54, 1.807) is 0 Å². The van der Waals surface area contributed by atoms with Gasteiger partial charge in [0.05, 0.1) is 6.04 Å². The summed E-state index contributed by atoms with van der Waals surface area (Å²) in [5.74, 6) is 2.26. The monoisotopic (exact) mass is 298 g/mol. The van der Waals surface area contributed by atoms with Crippen molar-refractivity contribution in [3.63, 3.8) is 0 Å². The first kappa shape index (κ1) is 15.2. The molecular formula is C18H26N4. The van der Waals surface area contributed by atoms with Gasteiger partial charge in [0, 0.05) is 19.0 Å². The number of hydrogen-bond acceptors (Lipinski definition) is 3. The Kier molecular flexibility index (Phi) is 4.88. The van der Waals surface area contributed by atoms with Gasteiger partial charge >= 0.3 is 0 Å². The Morgan fingerprint density at radius 3 is 2.77 bits per heavy atom. The molecule has 0 unspecified atom stereocenters. The van der Waals surface area contributed by atoms with Crippen molar-refractivity contribution in [3.8, 4) is 0 Å². The van der Waals surface area contributed by atoms with E-state index in [1.165, 1.54) is 18.4 Å². The summed E-state index contributed by atoms with van der Waals surface area (Å²) in [5.41, 5.74) is 1.41. The maximum Gasteiger partial charge on any atom is 0.149 e. The molecule has 4 heteroatoms. The second-order valence-corrected chi connectivity index (χ2v) is 6.40. The molecule has 22 heavy (non-hydrogen) atoms. The molecule has 2 aromatic rings. The lowest BCUT2D eigenvalue weighted by atomic mass is 10.1. The molecule has 0 amide bonds. The standard InChI is InChI=1S/C18H26N4/c1-14(11-12-16-8-4-3-5-9-16)19-15(2)18-21-20-17-10-6-7-13-22(17)18/h3-5,8-9,14-15,19H,6-7,10-13H2,1-2H3/t14-,15-/m0/s1. The first-order valence-electron chi connectivity index (χ1n) is 8.46. The smallest absolute Gasteiger partial charge is 0.149 e. The van der Waals surface area contributed by atoms with E-state index in [1.807, 2.05) is 0 Å². The fraction of sp³-hybridized carbons (Fsp3) is 0.556. The van der Waals surface area contributed by atoms with Gasteiger partial charge in [-0.3, -0.25) is 0 Å². The van der Waals surface area contributed by atoms with E-state index in [2.05, 4.69) is 64.3 Å². The summed E-state index contributed by atoms with van der Waals surface area (Å²) in [5, 5.41) is 12.5. The molecule has 2 atom stereocenters. The number of nitrogens with one attached hydrogen (secondary N) is 1. The van der Waals surface area contributed by atoms with Gasteiger partial charge in [0.25, 0.3) is 0 Å². The van der Waals surface area contributed by atoms with Gasteiger partial charge in [-0.2, -0.15) is 0 Å². The van der Waals surface area contributed by atoms with E-state index in [0.29, 0.717) is 6.04 Å². The van der Waals surface area contributed by atoms with Crippen LogP contribution in [0.4, 0.5) is 0 Å². The van der Waals surface area contributed by atoms with Crippen molar-refractivity contribution in [2.75, 3.05) is 0 Å². The lowest BCUT2D eigenvalue weighted by Gasteiger charge is -2.22. The van der Waals surface area contributed by atoms with Crippen molar-refractivity contribution < 1.29 is 0 Å². The van der Waals surface area contributed by atoms with Crippen molar-refractivity contribution in [2.24, 2.45) is 0 Å². The summed E-state index contributed by atoms with van der Waals surface area (Å²) in [6.07, 6.45) is 5.81. The molecule has 1 aromatic carbocycles. The number of hydrogen-bond donors (Lipinski definition) is 1. The van der Waals surface area contributed by atoms with Gasteiger partial charge < -0.3 is 9.88 Å². The first-order valence-corrected chi connectivity index (χ1v) is 8.46. The van der Waals surface area contributed by atoms with Crippen LogP contribution in [0.3, 0.4) is 0 Å². The van der Waals surface area contributed by atoms with E-state index >= 15 is 0 Å². The third kappa shape index (κ3) is 3.55. The first-order chi connectivity index (χ1) is 10.7. The van der Waals surface area contributed by atoms with Crippen molar-refractivity contribution >= 4 is 0 Å². The summed E-state index contributed by atoms with van der Waals surface area (Å²) >= 11 is 0. The van der Waals surface area contributed by atoms with Crippen LogP contribution in [0.15, 0.2) is 30.3 Å². The Balaban J connectivity index is 1.55.